The summed E-state index contributed by atoms with van der Waals surface area (Å²) in [6.07, 6.45) is 4.43. The van der Waals surface area contributed by atoms with Crippen molar-refractivity contribution >= 4 is 5.91 Å². The second-order valence-corrected chi connectivity index (χ2v) is 4.99. The summed E-state index contributed by atoms with van der Waals surface area (Å²) in [6, 6.07) is 2.32. The minimum absolute atomic E-state index is 0.0339. The monoisotopic (exact) mass is 249 g/mol. The van der Waals surface area contributed by atoms with E-state index in [0.717, 1.165) is 32.6 Å². The van der Waals surface area contributed by atoms with Gasteiger partial charge in [0.15, 0.2) is 0 Å². The predicted octanol–water partition coefficient (Wildman–Crippen LogP) is 1.64. The number of rotatable bonds is 4. The molecule has 1 amide bonds. The van der Waals surface area contributed by atoms with E-state index in [1.54, 1.807) is 6.08 Å². The Labute approximate surface area is 110 Å². The molecule has 0 bridgehead atoms. The van der Waals surface area contributed by atoms with Crippen LogP contribution in [0, 0.1) is 17.2 Å². The fourth-order valence-electron chi connectivity index (χ4n) is 2.20. The summed E-state index contributed by atoms with van der Waals surface area (Å²) in [6.45, 7) is 9.17. The van der Waals surface area contributed by atoms with Crippen LogP contribution < -0.4 is 0 Å². The predicted molar refractivity (Wildman–Crippen MR) is 71.8 cm³/mol. The molecule has 100 valence electrons. The molecule has 0 N–H and O–H groups in total. The molecule has 0 unspecified atom stereocenters. The van der Waals surface area contributed by atoms with Crippen LogP contribution in [0.4, 0.5) is 0 Å². The number of allylic oxidation sites excluding steroid dienone is 1. The van der Waals surface area contributed by atoms with Crippen LogP contribution >= 0.6 is 0 Å². The number of nitriles is 1. The smallest absolute Gasteiger partial charge is 0.246 e. The van der Waals surface area contributed by atoms with Crippen LogP contribution in [0.1, 0.15) is 27.2 Å². The molecule has 0 spiro atoms. The van der Waals surface area contributed by atoms with Gasteiger partial charge in [-0.15, -0.1) is 0 Å². The highest BCUT2D eigenvalue weighted by Crippen LogP contribution is 2.13. The molecule has 1 rings (SSSR count). The van der Waals surface area contributed by atoms with E-state index >= 15 is 0 Å². The van der Waals surface area contributed by atoms with Crippen molar-refractivity contribution in [3.05, 3.63) is 12.2 Å². The summed E-state index contributed by atoms with van der Waals surface area (Å²) in [4.78, 5) is 15.8. The highest BCUT2D eigenvalue weighted by Gasteiger charge is 2.26. The minimum Gasteiger partial charge on any atom is -0.337 e. The zero-order valence-corrected chi connectivity index (χ0v) is 11.6. The number of nitrogens with zero attached hydrogens (tertiary/aromatic N) is 3. The summed E-state index contributed by atoms with van der Waals surface area (Å²) in [5.41, 5.74) is 0. The van der Waals surface area contributed by atoms with Crippen molar-refractivity contribution in [1.29, 1.82) is 5.26 Å². The van der Waals surface area contributed by atoms with Gasteiger partial charge in [0, 0.05) is 26.2 Å². The van der Waals surface area contributed by atoms with E-state index in [2.05, 4.69) is 24.8 Å². The average molecular weight is 249 g/mol. The minimum atomic E-state index is -0.0339. The third kappa shape index (κ3) is 3.85. The SMILES string of the molecule is CC/C=C/C(=O)N1CCN([C@H](C#N)C(C)C)CC1. The fraction of sp³-hybridized carbons (Fsp3) is 0.714. The second-order valence-electron chi connectivity index (χ2n) is 4.99. The molecular weight excluding hydrogens is 226 g/mol. The lowest BCUT2D eigenvalue weighted by Crippen LogP contribution is -2.52. The van der Waals surface area contributed by atoms with Crippen molar-refractivity contribution in [2.75, 3.05) is 26.2 Å². The quantitative estimate of drug-likeness (QED) is 0.712. The maximum absolute atomic E-state index is 11.8. The number of amides is 1. The topological polar surface area (TPSA) is 47.3 Å². The molecule has 1 atom stereocenters. The van der Waals surface area contributed by atoms with Gasteiger partial charge in [-0.2, -0.15) is 5.26 Å². The van der Waals surface area contributed by atoms with Crippen LogP contribution in [-0.4, -0.2) is 47.9 Å². The molecule has 1 aliphatic rings. The lowest BCUT2D eigenvalue weighted by atomic mass is 10.0. The van der Waals surface area contributed by atoms with Gasteiger partial charge in [-0.3, -0.25) is 9.69 Å². The Morgan fingerprint density at radius 1 is 1.33 bits per heavy atom. The van der Waals surface area contributed by atoms with Gasteiger partial charge < -0.3 is 4.90 Å². The Balaban J connectivity index is 2.48. The highest BCUT2D eigenvalue weighted by molar-refractivity contribution is 5.87. The van der Waals surface area contributed by atoms with Gasteiger partial charge >= 0.3 is 0 Å². The molecule has 1 heterocycles. The second kappa shape index (κ2) is 7.17. The number of carbonyl (C=O) groups excluding carboxylic acids is 1. The van der Waals surface area contributed by atoms with Crippen molar-refractivity contribution in [1.82, 2.24) is 9.80 Å². The zero-order chi connectivity index (χ0) is 13.5. The highest BCUT2D eigenvalue weighted by atomic mass is 16.2. The Morgan fingerprint density at radius 3 is 2.39 bits per heavy atom. The van der Waals surface area contributed by atoms with Crippen molar-refractivity contribution in [3.63, 3.8) is 0 Å². The van der Waals surface area contributed by atoms with Crippen molar-refractivity contribution < 1.29 is 4.79 Å². The van der Waals surface area contributed by atoms with E-state index in [-0.39, 0.29) is 11.9 Å². The van der Waals surface area contributed by atoms with Crippen LogP contribution in [0.15, 0.2) is 12.2 Å². The average Bonchev–Trinajstić information content (AvgIpc) is 2.37. The van der Waals surface area contributed by atoms with Crippen molar-refractivity contribution in [2.45, 2.75) is 33.2 Å². The standard InChI is InChI=1S/C14H23N3O/c1-4-5-6-14(18)17-9-7-16(8-10-17)13(11-15)12(2)3/h5-6,12-13H,4,7-10H2,1-3H3/b6-5+/t13-/m1/s1. The summed E-state index contributed by atoms with van der Waals surface area (Å²) in [5.74, 6) is 0.423. The third-order valence-electron chi connectivity index (χ3n) is 3.28. The molecule has 4 nitrogen and oxygen atoms in total. The lowest BCUT2D eigenvalue weighted by molar-refractivity contribution is -0.128. The molecule has 0 aliphatic carbocycles. The van der Waals surface area contributed by atoms with Gasteiger partial charge in [0.1, 0.15) is 6.04 Å². The first-order chi connectivity index (χ1) is 8.60. The van der Waals surface area contributed by atoms with Gasteiger partial charge in [0.2, 0.25) is 5.91 Å². The number of piperazine rings is 1. The zero-order valence-electron chi connectivity index (χ0n) is 11.6. The van der Waals surface area contributed by atoms with E-state index < -0.39 is 0 Å². The summed E-state index contributed by atoms with van der Waals surface area (Å²) >= 11 is 0. The molecule has 1 saturated heterocycles. The Hall–Kier alpha value is -1.34. The van der Waals surface area contributed by atoms with E-state index in [0.29, 0.717) is 5.92 Å². The van der Waals surface area contributed by atoms with Crippen LogP contribution in [0.2, 0.25) is 0 Å². The Bertz CT molecular complexity index is 335. The third-order valence-corrected chi connectivity index (χ3v) is 3.28. The summed E-state index contributed by atoms with van der Waals surface area (Å²) in [7, 11) is 0. The van der Waals surface area contributed by atoms with Crippen LogP contribution in [-0.2, 0) is 4.79 Å². The summed E-state index contributed by atoms with van der Waals surface area (Å²) < 4.78 is 0. The molecule has 0 aromatic heterocycles. The summed E-state index contributed by atoms with van der Waals surface area (Å²) in [5, 5.41) is 9.16. The first-order valence-electron chi connectivity index (χ1n) is 6.69. The molecule has 4 heteroatoms. The van der Waals surface area contributed by atoms with Gasteiger partial charge in [-0.25, -0.2) is 0 Å². The van der Waals surface area contributed by atoms with Gasteiger partial charge in [0.25, 0.3) is 0 Å². The fourth-order valence-corrected chi connectivity index (χ4v) is 2.20. The van der Waals surface area contributed by atoms with E-state index in [4.69, 9.17) is 5.26 Å². The number of hydrogen-bond donors (Lipinski definition) is 0. The van der Waals surface area contributed by atoms with Gasteiger partial charge in [0.05, 0.1) is 6.07 Å². The van der Waals surface area contributed by atoms with E-state index in [9.17, 15) is 4.79 Å². The Kier molecular flexibility index (Phi) is 5.87. The maximum Gasteiger partial charge on any atom is 0.246 e. The van der Waals surface area contributed by atoms with Crippen molar-refractivity contribution in [2.24, 2.45) is 5.92 Å². The maximum atomic E-state index is 11.8. The molecule has 1 aliphatic heterocycles. The first-order valence-corrected chi connectivity index (χ1v) is 6.69. The van der Waals surface area contributed by atoms with Gasteiger partial charge in [-0.1, -0.05) is 26.8 Å². The number of carbonyl (C=O) groups is 1. The molecular formula is C14H23N3O. The largest absolute Gasteiger partial charge is 0.337 e. The molecule has 0 radical (unpaired) electrons. The molecule has 1 fully saturated rings. The molecule has 0 saturated carbocycles. The first kappa shape index (κ1) is 14.7. The normalized spacial score (nSPS) is 19.2. The molecule has 18 heavy (non-hydrogen) atoms. The Morgan fingerprint density at radius 2 is 1.94 bits per heavy atom. The van der Waals surface area contributed by atoms with Gasteiger partial charge in [-0.05, 0) is 18.4 Å². The van der Waals surface area contributed by atoms with E-state index in [1.807, 2.05) is 17.9 Å². The van der Waals surface area contributed by atoms with Crippen LogP contribution in [0.25, 0.3) is 0 Å². The van der Waals surface area contributed by atoms with E-state index in [1.165, 1.54) is 0 Å². The molecule has 0 aromatic rings. The lowest BCUT2D eigenvalue weighted by Gasteiger charge is -2.37. The van der Waals surface area contributed by atoms with Crippen molar-refractivity contribution in [3.8, 4) is 6.07 Å². The van der Waals surface area contributed by atoms with Crippen LogP contribution in [0.5, 0.6) is 0 Å². The van der Waals surface area contributed by atoms with Crippen LogP contribution in [0.3, 0.4) is 0 Å². The molecule has 0 aromatic carbocycles. The number of hydrogen-bond acceptors (Lipinski definition) is 3.